The fourth-order valence-corrected chi connectivity index (χ4v) is 3.57. The third-order valence-corrected chi connectivity index (χ3v) is 5.14. The molecule has 0 radical (unpaired) electrons. The van der Waals surface area contributed by atoms with Crippen LogP contribution in [0.1, 0.15) is 69.3 Å². The Labute approximate surface area is 145 Å². The summed E-state index contributed by atoms with van der Waals surface area (Å²) in [5, 5.41) is 12.1. The zero-order chi connectivity index (χ0) is 16.8. The van der Waals surface area contributed by atoms with Crippen LogP contribution in [0.3, 0.4) is 0 Å². The third kappa shape index (κ3) is 4.71. The van der Waals surface area contributed by atoms with Crippen LogP contribution in [-0.4, -0.2) is 11.1 Å². The first-order chi connectivity index (χ1) is 11.7. The molecule has 1 fully saturated rings. The summed E-state index contributed by atoms with van der Waals surface area (Å²) in [5.74, 6) is 1.96. The van der Waals surface area contributed by atoms with E-state index in [1.165, 1.54) is 44.9 Å². The Morgan fingerprint density at radius 3 is 2.33 bits per heavy atom. The highest BCUT2D eigenvalue weighted by molar-refractivity contribution is 5.58. The van der Waals surface area contributed by atoms with Crippen molar-refractivity contribution in [2.45, 2.75) is 70.6 Å². The lowest BCUT2D eigenvalue weighted by molar-refractivity contribution is -0.707. The molecule has 1 aromatic heterocycles. The maximum atomic E-state index is 9.59. The van der Waals surface area contributed by atoms with Crippen molar-refractivity contribution >= 4 is 0 Å². The van der Waals surface area contributed by atoms with E-state index in [0.29, 0.717) is 0 Å². The van der Waals surface area contributed by atoms with Gasteiger partial charge in [0.05, 0.1) is 12.1 Å². The minimum Gasteiger partial charge on any atom is -0.455 e. The van der Waals surface area contributed by atoms with Crippen LogP contribution in [0.25, 0.3) is 11.3 Å². The van der Waals surface area contributed by atoms with Gasteiger partial charge in [0.15, 0.2) is 5.76 Å². The van der Waals surface area contributed by atoms with Crippen LogP contribution in [0.4, 0.5) is 0 Å². The average molecular weight is 328 g/mol. The molecule has 1 aromatic carbocycles. The number of aliphatic hydroxyl groups excluding tert-OH is 1. The van der Waals surface area contributed by atoms with E-state index >= 15 is 0 Å². The van der Waals surface area contributed by atoms with Crippen molar-refractivity contribution in [2.75, 3.05) is 0 Å². The maximum absolute atomic E-state index is 9.59. The van der Waals surface area contributed by atoms with Gasteiger partial charge in [-0.2, -0.15) is 0 Å². The molecule has 1 atom stereocenters. The molecule has 24 heavy (non-hydrogen) atoms. The van der Waals surface area contributed by atoms with Crippen LogP contribution in [0, 0.1) is 0 Å². The summed E-state index contributed by atoms with van der Waals surface area (Å²) in [7, 11) is 0. The van der Waals surface area contributed by atoms with Gasteiger partial charge in [-0.1, -0.05) is 43.5 Å². The van der Waals surface area contributed by atoms with Crippen molar-refractivity contribution in [2.24, 2.45) is 0 Å². The summed E-state index contributed by atoms with van der Waals surface area (Å²) in [6.07, 6.45) is 9.23. The molecule has 0 amide bonds. The second kappa shape index (κ2) is 8.50. The zero-order valence-electron chi connectivity index (χ0n) is 14.7. The number of nitrogens with two attached hydrogens (primary N) is 1. The fourth-order valence-electron chi connectivity index (χ4n) is 3.57. The lowest BCUT2D eigenvalue weighted by atomic mass is 9.97. The summed E-state index contributed by atoms with van der Waals surface area (Å²) < 4.78 is 6.02. The van der Waals surface area contributed by atoms with Crippen LogP contribution < -0.4 is 5.32 Å². The van der Waals surface area contributed by atoms with E-state index in [2.05, 4.69) is 17.4 Å². The minimum absolute atomic E-state index is 0.426. The molecule has 3 rings (SSSR count). The summed E-state index contributed by atoms with van der Waals surface area (Å²) in [5.41, 5.74) is 2.00. The van der Waals surface area contributed by atoms with Crippen molar-refractivity contribution < 1.29 is 14.8 Å². The topological polar surface area (TPSA) is 50.0 Å². The number of furan rings is 1. The Kier molecular flexibility index (Phi) is 6.11. The largest absolute Gasteiger partial charge is 0.455 e. The van der Waals surface area contributed by atoms with Crippen LogP contribution >= 0.6 is 0 Å². The Morgan fingerprint density at radius 1 is 1.00 bits per heavy atom. The highest BCUT2D eigenvalue weighted by atomic mass is 16.3. The molecule has 1 heterocycles. The van der Waals surface area contributed by atoms with Crippen molar-refractivity contribution in [1.29, 1.82) is 0 Å². The minimum atomic E-state index is -0.426. The SMILES string of the molecule is C[C@H](O)c1ccc(-c2ccc(C[NH2+]C3CCCCCCC3)o2)cc1. The molecular formula is C21H30NO2+. The summed E-state index contributed by atoms with van der Waals surface area (Å²) in [6, 6.07) is 12.9. The van der Waals surface area contributed by atoms with Gasteiger partial charge < -0.3 is 14.8 Å². The van der Waals surface area contributed by atoms with Crippen LogP contribution in [0.5, 0.6) is 0 Å². The smallest absolute Gasteiger partial charge is 0.158 e. The number of quaternary nitrogens is 1. The monoisotopic (exact) mass is 328 g/mol. The molecule has 0 saturated heterocycles. The molecule has 130 valence electrons. The molecule has 1 aliphatic carbocycles. The second-order valence-corrected chi connectivity index (χ2v) is 7.11. The normalized spacial score (nSPS) is 18.1. The van der Waals surface area contributed by atoms with Gasteiger partial charge in [-0.3, -0.25) is 0 Å². The highest BCUT2D eigenvalue weighted by Gasteiger charge is 2.15. The van der Waals surface area contributed by atoms with Crippen molar-refractivity contribution in [3.63, 3.8) is 0 Å². The molecule has 3 N–H and O–H groups in total. The van der Waals surface area contributed by atoms with Crippen LogP contribution in [0.2, 0.25) is 0 Å². The van der Waals surface area contributed by atoms with Gasteiger partial charge in [0.1, 0.15) is 12.3 Å². The van der Waals surface area contributed by atoms with E-state index in [4.69, 9.17) is 4.42 Å². The van der Waals surface area contributed by atoms with Crippen LogP contribution in [-0.2, 0) is 6.54 Å². The van der Waals surface area contributed by atoms with E-state index in [0.717, 1.165) is 35.2 Å². The number of hydrogen-bond acceptors (Lipinski definition) is 2. The predicted octanol–water partition coefficient (Wildman–Crippen LogP) is 4.18. The first-order valence-electron chi connectivity index (χ1n) is 9.43. The van der Waals surface area contributed by atoms with Crippen molar-refractivity contribution in [3.8, 4) is 11.3 Å². The molecule has 1 saturated carbocycles. The van der Waals surface area contributed by atoms with E-state index in [-0.39, 0.29) is 0 Å². The number of benzene rings is 1. The molecule has 3 nitrogen and oxygen atoms in total. The Hall–Kier alpha value is -1.58. The first kappa shape index (κ1) is 17.2. The Morgan fingerprint density at radius 2 is 1.67 bits per heavy atom. The second-order valence-electron chi connectivity index (χ2n) is 7.11. The highest BCUT2D eigenvalue weighted by Crippen LogP contribution is 2.24. The molecule has 1 aliphatic rings. The molecule has 0 aliphatic heterocycles. The molecular weight excluding hydrogens is 298 g/mol. The zero-order valence-corrected chi connectivity index (χ0v) is 14.7. The van der Waals surface area contributed by atoms with E-state index in [1.54, 1.807) is 6.92 Å². The molecule has 0 spiro atoms. The standard InChI is InChI=1S/C21H29NO2/c1-16(23)17-9-11-18(12-10-17)21-14-13-20(24-21)15-22-19-7-5-3-2-4-6-8-19/h9-14,16,19,22-23H,2-8,15H2,1H3/p+1/t16-/m0/s1. The Bertz CT molecular complexity index is 607. The van der Waals surface area contributed by atoms with Gasteiger partial charge in [-0.25, -0.2) is 0 Å². The van der Waals surface area contributed by atoms with Gasteiger partial charge in [0.25, 0.3) is 0 Å². The van der Waals surface area contributed by atoms with E-state index < -0.39 is 6.10 Å². The quantitative estimate of drug-likeness (QED) is 0.865. The summed E-state index contributed by atoms with van der Waals surface area (Å²) >= 11 is 0. The lowest BCUT2D eigenvalue weighted by Gasteiger charge is -2.17. The molecule has 0 unspecified atom stereocenters. The fraction of sp³-hybridized carbons (Fsp3) is 0.524. The maximum Gasteiger partial charge on any atom is 0.158 e. The van der Waals surface area contributed by atoms with Gasteiger partial charge in [-0.05, 0) is 50.3 Å². The molecule has 3 heteroatoms. The summed E-state index contributed by atoms with van der Waals surface area (Å²) in [4.78, 5) is 0. The van der Waals surface area contributed by atoms with E-state index in [1.807, 2.05) is 24.3 Å². The predicted molar refractivity (Wildman–Crippen MR) is 96.5 cm³/mol. The Balaban J connectivity index is 1.56. The van der Waals surface area contributed by atoms with Crippen LogP contribution in [0.15, 0.2) is 40.8 Å². The molecule has 2 aromatic rings. The van der Waals surface area contributed by atoms with Gasteiger partial charge in [0.2, 0.25) is 0 Å². The van der Waals surface area contributed by atoms with Crippen molar-refractivity contribution in [1.82, 2.24) is 0 Å². The van der Waals surface area contributed by atoms with Gasteiger partial charge in [0, 0.05) is 5.56 Å². The summed E-state index contributed by atoms with van der Waals surface area (Å²) in [6.45, 7) is 2.71. The first-order valence-corrected chi connectivity index (χ1v) is 9.43. The van der Waals surface area contributed by atoms with Crippen molar-refractivity contribution in [3.05, 3.63) is 47.7 Å². The lowest BCUT2D eigenvalue weighted by Crippen LogP contribution is -2.88. The number of aliphatic hydroxyl groups is 1. The van der Waals surface area contributed by atoms with Gasteiger partial charge >= 0.3 is 0 Å². The number of hydrogen-bond donors (Lipinski definition) is 2. The van der Waals surface area contributed by atoms with E-state index in [9.17, 15) is 5.11 Å². The molecule has 0 bridgehead atoms. The van der Waals surface area contributed by atoms with Gasteiger partial charge in [-0.15, -0.1) is 0 Å². The third-order valence-electron chi connectivity index (χ3n) is 5.14. The number of rotatable bonds is 5. The average Bonchev–Trinajstić information content (AvgIpc) is 3.03.